The van der Waals surface area contributed by atoms with Crippen molar-refractivity contribution in [1.82, 2.24) is 0 Å². The summed E-state index contributed by atoms with van der Waals surface area (Å²) < 4.78 is 1.20. The van der Waals surface area contributed by atoms with Gasteiger partial charge in [0.25, 0.3) is 0 Å². The van der Waals surface area contributed by atoms with Crippen molar-refractivity contribution in [3.8, 4) is 0 Å². The molecule has 0 radical (unpaired) electrons. The molecule has 0 aliphatic carbocycles. The predicted molar refractivity (Wildman–Crippen MR) is 103 cm³/mol. The summed E-state index contributed by atoms with van der Waals surface area (Å²) in [5.74, 6) is 0.202. The summed E-state index contributed by atoms with van der Waals surface area (Å²) in [5.41, 5.74) is 4.59. The minimum absolute atomic E-state index is 0.202. The van der Waals surface area contributed by atoms with Gasteiger partial charge in [0.15, 0.2) is 0 Å². The van der Waals surface area contributed by atoms with Crippen LogP contribution in [0.1, 0.15) is 29.3 Å². The third-order valence-electron chi connectivity index (χ3n) is 3.87. The number of hydrogen-bond donors (Lipinski definition) is 0. The van der Waals surface area contributed by atoms with Gasteiger partial charge in [-0.2, -0.15) is 0 Å². The Morgan fingerprint density at radius 1 is 0.826 bits per heavy atom. The molecular formula is C21H26OSn. The number of allylic oxidation sites excluding steroid dienone is 2. The summed E-state index contributed by atoms with van der Waals surface area (Å²) in [4.78, 5) is 20.0. The monoisotopic (exact) mass is 414 g/mol. The molecule has 0 saturated heterocycles. The molecule has 0 saturated carbocycles. The molecule has 120 valence electrons. The van der Waals surface area contributed by atoms with E-state index in [9.17, 15) is 4.79 Å². The van der Waals surface area contributed by atoms with E-state index in [1.807, 2.05) is 36.4 Å². The topological polar surface area (TPSA) is 17.1 Å². The molecule has 0 heterocycles. The number of benzene rings is 2. The van der Waals surface area contributed by atoms with Crippen LogP contribution in [0.5, 0.6) is 0 Å². The molecule has 2 heteroatoms. The van der Waals surface area contributed by atoms with Crippen LogP contribution in [0, 0.1) is 0 Å². The average Bonchev–Trinajstić information content (AvgIpc) is 2.52. The molecule has 0 aromatic heterocycles. The van der Waals surface area contributed by atoms with Gasteiger partial charge in [0.1, 0.15) is 0 Å². The third-order valence-corrected chi connectivity index (χ3v) is 8.41. The van der Waals surface area contributed by atoms with Crippen molar-refractivity contribution >= 4 is 29.7 Å². The Balaban J connectivity index is 2.35. The summed E-state index contributed by atoms with van der Waals surface area (Å²) in [6.45, 7) is 2.21. The molecule has 1 nitrogen and oxygen atoms in total. The van der Waals surface area contributed by atoms with Crippen LogP contribution in [-0.2, 0) is 0 Å². The van der Waals surface area contributed by atoms with Gasteiger partial charge in [-0.25, -0.2) is 0 Å². The van der Waals surface area contributed by atoms with E-state index in [2.05, 4.69) is 46.0 Å². The van der Waals surface area contributed by atoms with E-state index in [-0.39, 0.29) is 5.78 Å². The van der Waals surface area contributed by atoms with Crippen LogP contribution in [-0.4, -0.2) is 24.2 Å². The minimum atomic E-state index is -1.94. The second kappa shape index (κ2) is 7.96. The molecule has 0 aliphatic heterocycles. The van der Waals surface area contributed by atoms with Gasteiger partial charge in [0.2, 0.25) is 0 Å². The molecule has 0 atom stereocenters. The second-order valence-corrected chi connectivity index (χ2v) is 23.0. The number of Topliss-reactive ketones (excluding diaryl/α,β-unsaturated/α-hetero) is 1. The first kappa shape index (κ1) is 18.0. The average molecular weight is 413 g/mol. The van der Waals surface area contributed by atoms with Crippen LogP contribution >= 0.6 is 0 Å². The molecule has 0 amide bonds. The third kappa shape index (κ3) is 5.65. The van der Waals surface area contributed by atoms with Crippen LogP contribution in [0.2, 0.25) is 19.3 Å². The van der Waals surface area contributed by atoms with E-state index in [0.717, 1.165) is 5.56 Å². The zero-order valence-corrected chi connectivity index (χ0v) is 17.5. The summed E-state index contributed by atoms with van der Waals surface area (Å²) in [6.07, 6.45) is 0.488. The summed E-state index contributed by atoms with van der Waals surface area (Å²) >= 11 is -1.94. The second-order valence-electron chi connectivity index (χ2n) is 7.33. The fraction of sp³-hybridized carbons (Fsp3) is 0.286. The molecule has 2 rings (SSSR count). The fourth-order valence-corrected chi connectivity index (χ4v) is 8.08. The SMILES string of the molecule is C/C([CH2][Sn]([CH3])([CH3])[CH3])=C(\CC(=O)c1ccccc1)c1ccccc1. The number of hydrogen-bond acceptors (Lipinski definition) is 1. The maximum absolute atomic E-state index is 12.7. The Morgan fingerprint density at radius 3 is 1.78 bits per heavy atom. The first-order chi connectivity index (χ1) is 10.9. The molecular weight excluding hydrogens is 387 g/mol. The van der Waals surface area contributed by atoms with Gasteiger partial charge in [-0.1, -0.05) is 0 Å². The van der Waals surface area contributed by atoms with Crippen molar-refractivity contribution in [2.45, 2.75) is 32.6 Å². The Kier molecular flexibility index (Phi) is 6.23. The number of ketones is 1. The Morgan fingerprint density at radius 2 is 1.30 bits per heavy atom. The van der Waals surface area contributed by atoms with Crippen molar-refractivity contribution in [1.29, 1.82) is 0 Å². The first-order valence-corrected chi connectivity index (χ1v) is 18.8. The van der Waals surface area contributed by atoms with E-state index < -0.39 is 18.4 Å². The van der Waals surface area contributed by atoms with Gasteiger partial charge >= 0.3 is 144 Å². The van der Waals surface area contributed by atoms with Crippen LogP contribution < -0.4 is 0 Å². The maximum atomic E-state index is 12.7. The van der Waals surface area contributed by atoms with E-state index in [1.165, 1.54) is 21.1 Å². The van der Waals surface area contributed by atoms with E-state index in [4.69, 9.17) is 0 Å². The van der Waals surface area contributed by atoms with Gasteiger partial charge in [-0.05, 0) is 0 Å². The van der Waals surface area contributed by atoms with Crippen molar-refractivity contribution in [2.75, 3.05) is 0 Å². The van der Waals surface area contributed by atoms with Crippen LogP contribution in [0.4, 0.5) is 0 Å². The molecule has 2 aromatic rings. The molecule has 0 fully saturated rings. The summed E-state index contributed by atoms with van der Waals surface area (Å²) in [7, 11) is 0. The Labute approximate surface area is 144 Å². The van der Waals surface area contributed by atoms with Crippen molar-refractivity contribution < 1.29 is 4.79 Å². The van der Waals surface area contributed by atoms with Gasteiger partial charge in [-0.3, -0.25) is 0 Å². The van der Waals surface area contributed by atoms with E-state index in [0.29, 0.717) is 6.42 Å². The zero-order valence-electron chi connectivity index (χ0n) is 14.6. The van der Waals surface area contributed by atoms with Crippen molar-refractivity contribution in [2.24, 2.45) is 0 Å². The number of rotatable bonds is 6. The van der Waals surface area contributed by atoms with Crippen LogP contribution in [0.3, 0.4) is 0 Å². The van der Waals surface area contributed by atoms with E-state index >= 15 is 0 Å². The molecule has 0 unspecified atom stereocenters. The summed E-state index contributed by atoms with van der Waals surface area (Å²) in [5, 5.41) is 0. The molecule has 0 spiro atoms. The molecule has 0 N–H and O–H groups in total. The molecule has 23 heavy (non-hydrogen) atoms. The van der Waals surface area contributed by atoms with Crippen molar-refractivity contribution in [3.05, 3.63) is 77.4 Å². The summed E-state index contributed by atoms with van der Waals surface area (Å²) in [6, 6.07) is 20.0. The van der Waals surface area contributed by atoms with Crippen LogP contribution in [0.15, 0.2) is 66.2 Å². The van der Waals surface area contributed by atoms with Gasteiger partial charge in [0.05, 0.1) is 0 Å². The normalized spacial score (nSPS) is 12.7. The van der Waals surface area contributed by atoms with Crippen LogP contribution in [0.25, 0.3) is 5.57 Å². The quantitative estimate of drug-likeness (QED) is 0.415. The van der Waals surface area contributed by atoms with Gasteiger partial charge in [-0.15, -0.1) is 0 Å². The standard InChI is InChI=1S/C18H17O.3CH3.Sn/c1-14(2)17(15-9-5-3-6-10-15)13-18(19)16-11-7-4-8-12-16;;;;/h3-12H,1,13H2,2H3;3*1H3;/b17-14+;;;;. The number of carbonyl (C=O) groups is 1. The molecule has 0 bridgehead atoms. The Hall–Kier alpha value is -1.35. The molecule has 2 aromatic carbocycles. The Bertz CT molecular complexity index is 679. The molecule has 0 aliphatic rings. The first-order valence-electron chi connectivity index (χ1n) is 8.19. The van der Waals surface area contributed by atoms with E-state index in [1.54, 1.807) is 0 Å². The van der Waals surface area contributed by atoms with Gasteiger partial charge in [0, 0.05) is 0 Å². The van der Waals surface area contributed by atoms with Crippen molar-refractivity contribution in [3.63, 3.8) is 0 Å². The number of carbonyl (C=O) groups excluding carboxylic acids is 1. The zero-order chi connectivity index (χ0) is 16.9. The predicted octanol–water partition coefficient (Wildman–Crippen LogP) is 6.07. The van der Waals surface area contributed by atoms with Gasteiger partial charge < -0.3 is 0 Å². The fourth-order valence-electron chi connectivity index (χ4n) is 2.93.